The molecule has 2 aromatic rings. The molecular formula is C20H29N3O. The van der Waals surface area contributed by atoms with Crippen LogP contribution in [-0.4, -0.2) is 33.6 Å². The summed E-state index contributed by atoms with van der Waals surface area (Å²) in [6, 6.07) is 8.28. The van der Waals surface area contributed by atoms with Crippen molar-refractivity contribution >= 4 is 10.9 Å². The summed E-state index contributed by atoms with van der Waals surface area (Å²) in [5.74, 6) is 1.69. The van der Waals surface area contributed by atoms with Gasteiger partial charge in [-0.05, 0) is 51.3 Å². The molecule has 0 amide bonds. The van der Waals surface area contributed by atoms with Gasteiger partial charge in [-0.1, -0.05) is 26.0 Å². The van der Waals surface area contributed by atoms with Crippen LogP contribution in [0.5, 0.6) is 0 Å². The Morgan fingerprint density at radius 1 is 1.21 bits per heavy atom. The van der Waals surface area contributed by atoms with Crippen LogP contribution in [0.25, 0.3) is 10.9 Å². The van der Waals surface area contributed by atoms with Crippen molar-refractivity contribution in [3.63, 3.8) is 0 Å². The summed E-state index contributed by atoms with van der Waals surface area (Å²) in [4.78, 5) is 20.4. The van der Waals surface area contributed by atoms with Gasteiger partial charge in [-0.3, -0.25) is 9.36 Å². The van der Waals surface area contributed by atoms with Gasteiger partial charge >= 0.3 is 0 Å². The van der Waals surface area contributed by atoms with Gasteiger partial charge in [0, 0.05) is 25.0 Å². The average molecular weight is 327 g/mol. The number of piperidine rings is 1. The minimum Gasteiger partial charge on any atom is -0.301 e. The number of benzene rings is 1. The summed E-state index contributed by atoms with van der Waals surface area (Å²) in [7, 11) is 0. The van der Waals surface area contributed by atoms with Gasteiger partial charge in [0.15, 0.2) is 0 Å². The molecule has 0 radical (unpaired) electrons. The molecule has 0 saturated carbocycles. The van der Waals surface area contributed by atoms with E-state index in [9.17, 15) is 4.79 Å². The number of hydrogen-bond donors (Lipinski definition) is 0. The molecule has 1 aromatic carbocycles. The molecule has 130 valence electrons. The highest BCUT2D eigenvalue weighted by Crippen LogP contribution is 2.22. The van der Waals surface area contributed by atoms with E-state index < -0.39 is 0 Å². The molecule has 0 bridgehead atoms. The third kappa shape index (κ3) is 3.39. The van der Waals surface area contributed by atoms with E-state index in [-0.39, 0.29) is 11.5 Å². The first-order valence-electron chi connectivity index (χ1n) is 9.21. The summed E-state index contributed by atoms with van der Waals surface area (Å²) in [6.45, 7) is 11.8. The van der Waals surface area contributed by atoms with E-state index >= 15 is 0 Å². The van der Waals surface area contributed by atoms with Crippen LogP contribution in [0.15, 0.2) is 29.1 Å². The molecule has 1 aliphatic heterocycles. The molecule has 1 aromatic heterocycles. The van der Waals surface area contributed by atoms with Crippen LogP contribution in [-0.2, 0) is 6.54 Å². The maximum Gasteiger partial charge on any atom is 0.261 e. The van der Waals surface area contributed by atoms with E-state index in [1.807, 2.05) is 28.8 Å². The molecule has 1 fully saturated rings. The number of rotatable bonds is 4. The van der Waals surface area contributed by atoms with E-state index in [1.54, 1.807) is 0 Å². The van der Waals surface area contributed by atoms with Crippen molar-refractivity contribution in [1.29, 1.82) is 0 Å². The predicted molar refractivity (Wildman–Crippen MR) is 99.5 cm³/mol. The molecule has 0 aliphatic carbocycles. The van der Waals surface area contributed by atoms with E-state index in [4.69, 9.17) is 4.98 Å². The minimum atomic E-state index is 0.117. The zero-order valence-electron chi connectivity index (χ0n) is 15.3. The van der Waals surface area contributed by atoms with Crippen molar-refractivity contribution in [1.82, 2.24) is 14.5 Å². The van der Waals surface area contributed by atoms with Crippen LogP contribution in [0.1, 0.15) is 52.3 Å². The van der Waals surface area contributed by atoms with Crippen LogP contribution in [0.2, 0.25) is 0 Å². The monoisotopic (exact) mass is 327 g/mol. The highest BCUT2D eigenvalue weighted by molar-refractivity contribution is 5.77. The standard InChI is InChI=1S/C20H29N3O/c1-14(2)19-21-18-10-6-5-9-17(18)20(24)23(19)13-16-8-7-11-22(12-16)15(3)4/h5-6,9-10,14-16H,7-8,11-13H2,1-4H3. The van der Waals surface area contributed by atoms with E-state index in [0.29, 0.717) is 12.0 Å². The second kappa shape index (κ2) is 7.06. The lowest BCUT2D eigenvalue weighted by Crippen LogP contribution is -2.42. The van der Waals surface area contributed by atoms with Crippen LogP contribution in [0.3, 0.4) is 0 Å². The zero-order valence-corrected chi connectivity index (χ0v) is 15.3. The molecule has 4 heteroatoms. The van der Waals surface area contributed by atoms with Gasteiger partial charge in [-0.2, -0.15) is 0 Å². The summed E-state index contributed by atoms with van der Waals surface area (Å²) < 4.78 is 1.95. The molecule has 0 spiro atoms. The lowest BCUT2D eigenvalue weighted by atomic mass is 9.96. The van der Waals surface area contributed by atoms with Gasteiger partial charge in [0.25, 0.3) is 5.56 Å². The zero-order chi connectivity index (χ0) is 17.3. The first-order valence-corrected chi connectivity index (χ1v) is 9.21. The third-order valence-electron chi connectivity index (χ3n) is 5.13. The number of aromatic nitrogens is 2. The molecule has 3 rings (SSSR count). The molecule has 1 unspecified atom stereocenters. The summed E-state index contributed by atoms with van der Waals surface area (Å²) >= 11 is 0. The number of likely N-dealkylation sites (tertiary alicyclic amines) is 1. The molecule has 4 nitrogen and oxygen atoms in total. The number of fused-ring (bicyclic) bond motifs is 1. The molecule has 24 heavy (non-hydrogen) atoms. The summed E-state index contributed by atoms with van der Waals surface area (Å²) in [5.41, 5.74) is 0.931. The van der Waals surface area contributed by atoms with Gasteiger partial charge in [-0.15, -0.1) is 0 Å². The van der Waals surface area contributed by atoms with Gasteiger partial charge in [0.05, 0.1) is 10.9 Å². The van der Waals surface area contributed by atoms with Gasteiger partial charge in [0.2, 0.25) is 0 Å². The Morgan fingerprint density at radius 3 is 2.67 bits per heavy atom. The van der Waals surface area contributed by atoms with Crippen LogP contribution < -0.4 is 5.56 Å². The van der Waals surface area contributed by atoms with E-state index in [2.05, 4.69) is 32.6 Å². The summed E-state index contributed by atoms with van der Waals surface area (Å²) in [6.07, 6.45) is 2.41. The van der Waals surface area contributed by atoms with Crippen molar-refractivity contribution in [2.45, 2.75) is 59.0 Å². The first kappa shape index (κ1) is 17.2. The lowest BCUT2D eigenvalue weighted by Gasteiger charge is -2.36. The maximum absolute atomic E-state index is 13.1. The Labute approximate surface area is 144 Å². The second-order valence-electron chi connectivity index (χ2n) is 7.65. The molecule has 1 aliphatic rings. The Bertz CT molecular complexity index is 763. The molecule has 2 heterocycles. The Kier molecular flexibility index (Phi) is 5.04. The Morgan fingerprint density at radius 2 is 1.96 bits per heavy atom. The van der Waals surface area contributed by atoms with Crippen molar-refractivity contribution in [3.05, 3.63) is 40.4 Å². The maximum atomic E-state index is 13.1. The highest BCUT2D eigenvalue weighted by Gasteiger charge is 2.24. The van der Waals surface area contributed by atoms with Crippen LogP contribution in [0, 0.1) is 5.92 Å². The largest absolute Gasteiger partial charge is 0.301 e. The smallest absolute Gasteiger partial charge is 0.261 e. The quantitative estimate of drug-likeness (QED) is 0.860. The SMILES string of the molecule is CC(C)c1nc2ccccc2c(=O)n1CC1CCCN(C(C)C)C1. The predicted octanol–water partition coefficient (Wildman–Crippen LogP) is 3.64. The highest BCUT2D eigenvalue weighted by atomic mass is 16.1. The fourth-order valence-electron chi connectivity index (χ4n) is 3.78. The topological polar surface area (TPSA) is 38.1 Å². The average Bonchev–Trinajstić information content (AvgIpc) is 2.57. The first-order chi connectivity index (χ1) is 11.5. The van der Waals surface area contributed by atoms with Crippen molar-refractivity contribution in [2.75, 3.05) is 13.1 Å². The lowest BCUT2D eigenvalue weighted by molar-refractivity contribution is 0.129. The third-order valence-corrected chi connectivity index (χ3v) is 5.13. The number of para-hydroxylation sites is 1. The molecule has 0 N–H and O–H groups in total. The normalized spacial score (nSPS) is 19.5. The Hall–Kier alpha value is -1.68. The second-order valence-corrected chi connectivity index (χ2v) is 7.65. The van der Waals surface area contributed by atoms with Crippen molar-refractivity contribution in [2.24, 2.45) is 5.92 Å². The van der Waals surface area contributed by atoms with Crippen molar-refractivity contribution in [3.8, 4) is 0 Å². The van der Waals surface area contributed by atoms with E-state index in [0.717, 1.165) is 29.8 Å². The van der Waals surface area contributed by atoms with Gasteiger partial charge in [0.1, 0.15) is 5.82 Å². The molecule has 1 saturated heterocycles. The minimum absolute atomic E-state index is 0.117. The van der Waals surface area contributed by atoms with Crippen LogP contribution >= 0.6 is 0 Å². The number of hydrogen-bond acceptors (Lipinski definition) is 3. The fourth-order valence-corrected chi connectivity index (χ4v) is 3.78. The fraction of sp³-hybridized carbons (Fsp3) is 0.600. The van der Waals surface area contributed by atoms with Gasteiger partial charge in [-0.25, -0.2) is 4.98 Å². The Balaban J connectivity index is 1.97. The molecule has 1 atom stereocenters. The molecular weight excluding hydrogens is 298 g/mol. The summed E-state index contributed by atoms with van der Waals surface area (Å²) in [5, 5.41) is 0.735. The van der Waals surface area contributed by atoms with E-state index in [1.165, 1.54) is 19.4 Å². The number of nitrogens with zero attached hydrogens (tertiary/aromatic N) is 3. The van der Waals surface area contributed by atoms with Gasteiger partial charge < -0.3 is 4.90 Å². The van der Waals surface area contributed by atoms with Crippen molar-refractivity contribution < 1.29 is 0 Å². The van der Waals surface area contributed by atoms with Crippen LogP contribution in [0.4, 0.5) is 0 Å².